The van der Waals surface area contributed by atoms with Crippen LogP contribution < -0.4 is 5.32 Å². The summed E-state index contributed by atoms with van der Waals surface area (Å²) in [5.41, 5.74) is 0. The largest absolute Gasteiger partial charge is 0.481 e. The van der Waals surface area contributed by atoms with E-state index >= 15 is 0 Å². The predicted molar refractivity (Wildman–Crippen MR) is 46.8 cm³/mol. The van der Waals surface area contributed by atoms with Crippen molar-refractivity contribution in [3.8, 4) is 0 Å². The summed E-state index contributed by atoms with van der Waals surface area (Å²) in [6, 6.07) is 0. The maximum Gasteiger partial charge on any atom is 0.309 e. The molecule has 73 valence electrons. The SMILES string of the molecule is O=[C]NCC1CCC(C(=O)O)CC1. The second-order valence-electron chi connectivity index (χ2n) is 3.54. The van der Waals surface area contributed by atoms with Gasteiger partial charge in [0, 0.05) is 6.54 Å². The van der Waals surface area contributed by atoms with Gasteiger partial charge in [0.05, 0.1) is 5.92 Å². The minimum atomic E-state index is -0.687. The van der Waals surface area contributed by atoms with Gasteiger partial charge in [-0.3, -0.25) is 9.59 Å². The molecule has 0 heterocycles. The first kappa shape index (κ1) is 10.0. The van der Waals surface area contributed by atoms with Gasteiger partial charge in [-0.05, 0) is 31.6 Å². The zero-order valence-electron chi connectivity index (χ0n) is 7.45. The van der Waals surface area contributed by atoms with Gasteiger partial charge in [-0.15, -0.1) is 0 Å². The number of aliphatic carboxylic acids is 1. The van der Waals surface area contributed by atoms with Crippen LogP contribution in [0.15, 0.2) is 0 Å². The number of rotatable bonds is 4. The zero-order chi connectivity index (χ0) is 9.68. The molecule has 1 aliphatic rings. The maximum atomic E-state index is 10.6. The van der Waals surface area contributed by atoms with E-state index in [0.717, 1.165) is 25.7 Å². The highest BCUT2D eigenvalue weighted by Gasteiger charge is 2.25. The Labute approximate surface area is 77.3 Å². The van der Waals surface area contributed by atoms with E-state index in [9.17, 15) is 9.59 Å². The van der Waals surface area contributed by atoms with E-state index in [0.29, 0.717) is 12.5 Å². The Morgan fingerprint density at radius 2 is 2.00 bits per heavy atom. The highest BCUT2D eigenvalue weighted by molar-refractivity contribution is 5.69. The van der Waals surface area contributed by atoms with Crippen LogP contribution in [-0.2, 0) is 9.59 Å². The number of hydrogen-bond acceptors (Lipinski definition) is 2. The molecule has 4 nitrogen and oxygen atoms in total. The van der Waals surface area contributed by atoms with E-state index in [4.69, 9.17) is 5.11 Å². The zero-order valence-corrected chi connectivity index (χ0v) is 7.45. The van der Waals surface area contributed by atoms with Gasteiger partial charge in [0.1, 0.15) is 0 Å². The van der Waals surface area contributed by atoms with Gasteiger partial charge in [0.25, 0.3) is 0 Å². The number of carbonyl (C=O) groups excluding carboxylic acids is 1. The van der Waals surface area contributed by atoms with Crippen LogP contribution in [0.2, 0.25) is 0 Å². The lowest BCUT2D eigenvalue weighted by molar-refractivity contribution is -0.143. The molecule has 1 rings (SSSR count). The third-order valence-corrected chi connectivity index (χ3v) is 2.66. The monoisotopic (exact) mass is 184 g/mol. The van der Waals surface area contributed by atoms with E-state index in [-0.39, 0.29) is 5.92 Å². The quantitative estimate of drug-likeness (QED) is 0.626. The summed E-state index contributed by atoms with van der Waals surface area (Å²) in [7, 11) is 0. The average Bonchev–Trinajstić information content (AvgIpc) is 2.15. The van der Waals surface area contributed by atoms with Crippen LogP contribution in [0, 0.1) is 11.8 Å². The predicted octanol–water partition coefficient (Wildman–Crippen LogP) is 0.534. The van der Waals surface area contributed by atoms with Crippen LogP contribution in [0.1, 0.15) is 25.7 Å². The minimum absolute atomic E-state index is 0.170. The number of carbonyl (C=O) groups is 1. The molecule has 0 unspecified atom stereocenters. The van der Waals surface area contributed by atoms with Crippen molar-refractivity contribution in [1.82, 2.24) is 5.32 Å². The smallest absolute Gasteiger partial charge is 0.309 e. The van der Waals surface area contributed by atoms with Crippen molar-refractivity contribution in [2.45, 2.75) is 25.7 Å². The number of carboxylic acid groups (broad SMARTS) is 1. The molecule has 4 heteroatoms. The van der Waals surface area contributed by atoms with Crippen molar-refractivity contribution in [3.63, 3.8) is 0 Å². The first-order chi connectivity index (χ1) is 6.24. The van der Waals surface area contributed by atoms with E-state index in [1.165, 1.54) is 0 Å². The third kappa shape index (κ3) is 3.05. The van der Waals surface area contributed by atoms with Gasteiger partial charge in [0.2, 0.25) is 0 Å². The van der Waals surface area contributed by atoms with E-state index < -0.39 is 5.97 Å². The first-order valence-corrected chi connectivity index (χ1v) is 4.57. The molecular formula is C9H14NO3. The minimum Gasteiger partial charge on any atom is -0.481 e. The highest BCUT2D eigenvalue weighted by Crippen LogP contribution is 2.28. The molecule has 0 atom stereocenters. The molecule has 0 saturated heterocycles. The Balaban J connectivity index is 2.22. The second kappa shape index (κ2) is 4.84. The van der Waals surface area contributed by atoms with E-state index in [2.05, 4.69) is 5.32 Å². The molecule has 13 heavy (non-hydrogen) atoms. The lowest BCUT2D eigenvalue weighted by atomic mass is 9.82. The van der Waals surface area contributed by atoms with Crippen LogP contribution in [0.5, 0.6) is 0 Å². The van der Waals surface area contributed by atoms with E-state index in [1.54, 1.807) is 6.41 Å². The molecule has 2 N–H and O–H groups in total. The van der Waals surface area contributed by atoms with Gasteiger partial charge in [-0.1, -0.05) is 0 Å². The summed E-state index contributed by atoms with van der Waals surface area (Å²) in [4.78, 5) is 20.5. The summed E-state index contributed by atoms with van der Waals surface area (Å²) in [6.45, 7) is 0.635. The summed E-state index contributed by atoms with van der Waals surface area (Å²) in [6.07, 6.45) is 4.89. The third-order valence-electron chi connectivity index (χ3n) is 2.66. The average molecular weight is 184 g/mol. The van der Waals surface area contributed by atoms with Crippen LogP contribution in [0.4, 0.5) is 0 Å². The molecule has 0 bridgehead atoms. The normalized spacial score (nSPS) is 28.0. The molecule has 0 spiro atoms. The fourth-order valence-corrected chi connectivity index (χ4v) is 1.80. The Kier molecular flexibility index (Phi) is 3.73. The molecule has 1 radical (unpaired) electrons. The van der Waals surface area contributed by atoms with Gasteiger partial charge >= 0.3 is 12.4 Å². The number of amides is 1. The van der Waals surface area contributed by atoms with Gasteiger partial charge in [-0.2, -0.15) is 0 Å². The molecule has 1 aliphatic carbocycles. The van der Waals surface area contributed by atoms with E-state index in [1.807, 2.05) is 0 Å². The van der Waals surface area contributed by atoms with Gasteiger partial charge < -0.3 is 10.4 Å². The first-order valence-electron chi connectivity index (χ1n) is 4.57. The maximum absolute atomic E-state index is 10.6. The fourth-order valence-electron chi connectivity index (χ4n) is 1.80. The topological polar surface area (TPSA) is 66.4 Å². The molecule has 1 fully saturated rings. The van der Waals surface area contributed by atoms with Crippen molar-refractivity contribution in [1.29, 1.82) is 0 Å². The molecule has 0 aromatic heterocycles. The highest BCUT2D eigenvalue weighted by atomic mass is 16.4. The Bertz CT molecular complexity index is 185. The number of nitrogens with one attached hydrogen (secondary N) is 1. The van der Waals surface area contributed by atoms with Crippen LogP contribution >= 0.6 is 0 Å². The van der Waals surface area contributed by atoms with Crippen LogP contribution in [-0.4, -0.2) is 24.0 Å². The second-order valence-corrected chi connectivity index (χ2v) is 3.54. The number of carboxylic acids is 1. The molecule has 1 saturated carbocycles. The summed E-state index contributed by atoms with van der Waals surface area (Å²) in [5, 5.41) is 11.2. The lowest BCUT2D eigenvalue weighted by Crippen LogP contribution is -2.28. The molecule has 1 amide bonds. The Hall–Kier alpha value is -1.06. The summed E-state index contributed by atoms with van der Waals surface area (Å²) < 4.78 is 0. The van der Waals surface area contributed by atoms with Gasteiger partial charge in [0.15, 0.2) is 0 Å². The molecule has 0 aliphatic heterocycles. The molecule has 0 aromatic rings. The van der Waals surface area contributed by atoms with Crippen LogP contribution in [0.25, 0.3) is 0 Å². The molecular weight excluding hydrogens is 170 g/mol. The van der Waals surface area contributed by atoms with Crippen molar-refractivity contribution in [2.75, 3.05) is 6.54 Å². The van der Waals surface area contributed by atoms with Crippen molar-refractivity contribution < 1.29 is 14.7 Å². The molecule has 0 aromatic carbocycles. The van der Waals surface area contributed by atoms with Crippen LogP contribution in [0.3, 0.4) is 0 Å². The standard InChI is InChI=1S/C9H14NO3/c11-6-10-5-7-1-3-8(4-2-7)9(12)13/h7-8H,1-5H2,(H,10,11)(H,12,13). The van der Waals surface area contributed by atoms with Crippen molar-refractivity contribution >= 4 is 12.4 Å². The summed E-state index contributed by atoms with van der Waals surface area (Å²) in [5.74, 6) is -0.415. The van der Waals surface area contributed by atoms with Gasteiger partial charge in [-0.25, -0.2) is 0 Å². The van der Waals surface area contributed by atoms with Crippen molar-refractivity contribution in [3.05, 3.63) is 0 Å². The lowest BCUT2D eigenvalue weighted by Gasteiger charge is -2.25. The van der Waals surface area contributed by atoms with Crippen molar-refractivity contribution in [2.24, 2.45) is 11.8 Å². The summed E-state index contributed by atoms with van der Waals surface area (Å²) >= 11 is 0. The fraction of sp³-hybridized carbons (Fsp3) is 0.778. The number of hydrogen-bond donors (Lipinski definition) is 2. The Morgan fingerprint density at radius 1 is 1.38 bits per heavy atom. The Morgan fingerprint density at radius 3 is 2.46 bits per heavy atom.